The van der Waals surface area contributed by atoms with Crippen LogP contribution in [0.2, 0.25) is 0 Å². The minimum absolute atomic E-state index is 0.0567. The zero-order valence-corrected chi connectivity index (χ0v) is 27.8. The molecule has 4 aromatic rings. The molecule has 2 aromatic heterocycles. The number of halogens is 1. The fourth-order valence-corrected chi connectivity index (χ4v) is 8.58. The molecule has 2 bridgehead atoms. The van der Waals surface area contributed by atoms with Crippen molar-refractivity contribution in [3.63, 3.8) is 0 Å². The number of fused-ring (bicyclic) bond motifs is 5. The molecule has 4 atom stereocenters. The molecule has 4 fully saturated rings. The quantitative estimate of drug-likeness (QED) is 0.253. The number of carbonyl (C=O) groups excluding carboxylic acids is 1. The summed E-state index contributed by atoms with van der Waals surface area (Å²) >= 11 is 0. The third-order valence-corrected chi connectivity index (χ3v) is 10.9. The van der Waals surface area contributed by atoms with Gasteiger partial charge in [0.2, 0.25) is 11.8 Å². The van der Waals surface area contributed by atoms with Gasteiger partial charge in [0.15, 0.2) is 11.4 Å². The van der Waals surface area contributed by atoms with Crippen molar-refractivity contribution in [1.82, 2.24) is 25.1 Å². The number of ether oxygens (including phenoxy) is 2. The molecule has 0 spiro atoms. The van der Waals surface area contributed by atoms with Crippen LogP contribution in [0.3, 0.4) is 0 Å². The van der Waals surface area contributed by atoms with Crippen molar-refractivity contribution in [2.75, 3.05) is 51.8 Å². The maximum Gasteiger partial charge on any atom is 0.409 e. The summed E-state index contributed by atoms with van der Waals surface area (Å²) < 4.78 is 33.7. The van der Waals surface area contributed by atoms with Crippen LogP contribution < -0.4 is 15.0 Å². The SMILES string of the molecule is CCc1c(F)ccc2cc(O)cc(-c3nc4cc(OCC56CCCN5[C@@H](COC(=O)N(C)C)CC6)nc(N5CC6CCC(C5)N6)c4o3)c12. The van der Waals surface area contributed by atoms with Crippen LogP contribution >= 0.6 is 0 Å². The second-order valence-electron chi connectivity index (χ2n) is 14.1. The normalized spacial score (nSPS) is 25.2. The van der Waals surface area contributed by atoms with Gasteiger partial charge in [-0.25, -0.2) is 14.2 Å². The van der Waals surface area contributed by atoms with Crippen molar-refractivity contribution in [1.29, 1.82) is 0 Å². The Bertz CT molecular complexity index is 1870. The highest BCUT2D eigenvalue weighted by atomic mass is 19.1. The molecular formula is C36H43FN6O5. The number of rotatable bonds is 8. The lowest BCUT2D eigenvalue weighted by Crippen LogP contribution is -2.51. The van der Waals surface area contributed by atoms with Crippen LogP contribution in [0.15, 0.2) is 34.7 Å². The highest BCUT2D eigenvalue weighted by Gasteiger charge is 2.50. The Kier molecular flexibility index (Phi) is 7.82. The Morgan fingerprint density at radius 2 is 1.96 bits per heavy atom. The van der Waals surface area contributed by atoms with Gasteiger partial charge in [0.1, 0.15) is 30.3 Å². The minimum atomic E-state index is -0.323. The molecule has 2 N–H and O–H groups in total. The van der Waals surface area contributed by atoms with E-state index in [1.807, 2.05) is 13.0 Å². The smallest absolute Gasteiger partial charge is 0.409 e. The lowest BCUT2D eigenvalue weighted by atomic mass is 9.95. The fourth-order valence-electron chi connectivity index (χ4n) is 8.58. The van der Waals surface area contributed by atoms with Crippen molar-refractivity contribution < 1.29 is 28.2 Å². The maximum absolute atomic E-state index is 15.0. The average molecular weight is 659 g/mol. The highest BCUT2D eigenvalue weighted by molar-refractivity contribution is 6.00. The number of aryl methyl sites for hydroxylation is 1. The Hall–Kier alpha value is -4.16. The molecule has 11 nitrogen and oxygen atoms in total. The maximum atomic E-state index is 15.0. The number of hydrogen-bond acceptors (Lipinski definition) is 10. The van der Waals surface area contributed by atoms with Crippen molar-refractivity contribution in [2.45, 2.75) is 75.5 Å². The van der Waals surface area contributed by atoms with Gasteiger partial charge in [0.05, 0.1) is 5.54 Å². The van der Waals surface area contributed by atoms with E-state index in [9.17, 15) is 9.90 Å². The number of amides is 1. The first-order valence-electron chi connectivity index (χ1n) is 17.2. The third kappa shape index (κ3) is 5.38. The zero-order valence-electron chi connectivity index (χ0n) is 27.8. The lowest BCUT2D eigenvalue weighted by Gasteiger charge is -2.35. The third-order valence-electron chi connectivity index (χ3n) is 10.9. The van der Waals surface area contributed by atoms with E-state index in [0.29, 0.717) is 76.9 Å². The van der Waals surface area contributed by atoms with E-state index in [0.717, 1.165) is 63.5 Å². The number of phenols is 1. The molecule has 4 aliphatic rings. The van der Waals surface area contributed by atoms with E-state index in [1.54, 1.807) is 32.3 Å². The number of carbonyl (C=O) groups is 1. The van der Waals surface area contributed by atoms with Crippen LogP contribution in [0, 0.1) is 5.82 Å². The first-order chi connectivity index (χ1) is 23.2. The highest BCUT2D eigenvalue weighted by Crippen LogP contribution is 2.44. The number of aromatic nitrogens is 2. The topological polar surface area (TPSA) is 116 Å². The molecule has 48 heavy (non-hydrogen) atoms. The van der Waals surface area contributed by atoms with Crippen LogP contribution in [0.5, 0.6) is 11.6 Å². The summed E-state index contributed by atoms with van der Waals surface area (Å²) in [5, 5.41) is 15.8. The van der Waals surface area contributed by atoms with Crippen molar-refractivity contribution in [3.8, 4) is 23.1 Å². The summed E-state index contributed by atoms with van der Waals surface area (Å²) in [5.74, 6) is 1.23. The molecule has 0 saturated carbocycles. The Labute approximate surface area is 279 Å². The summed E-state index contributed by atoms with van der Waals surface area (Å²) in [4.78, 5) is 28.3. The van der Waals surface area contributed by atoms with E-state index in [1.165, 1.54) is 11.0 Å². The van der Waals surface area contributed by atoms with Crippen LogP contribution in [-0.2, 0) is 11.2 Å². The first kappa shape index (κ1) is 31.1. The Morgan fingerprint density at radius 3 is 2.73 bits per heavy atom. The predicted octanol–water partition coefficient (Wildman–Crippen LogP) is 5.46. The van der Waals surface area contributed by atoms with Gasteiger partial charge in [-0.15, -0.1) is 0 Å². The number of aromatic hydroxyl groups is 1. The van der Waals surface area contributed by atoms with Crippen LogP contribution in [0.1, 0.15) is 51.0 Å². The predicted molar refractivity (Wildman–Crippen MR) is 180 cm³/mol. The van der Waals surface area contributed by atoms with Gasteiger partial charge in [-0.1, -0.05) is 13.0 Å². The number of benzene rings is 2. The number of anilines is 1. The van der Waals surface area contributed by atoms with Gasteiger partial charge in [-0.3, -0.25) is 4.90 Å². The molecule has 4 aliphatic heterocycles. The zero-order chi connectivity index (χ0) is 33.2. The summed E-state index contributed by atoms with van der Waals surface area (Å²) in [6.07, 6.45) is 6.37. The van der Waals surface area contributed by atoms with Gasteiger partial charge in [-0.2, -0.15) is 4.98 Å². The Morgan fingerprint density at radius 1 is 1.15 bits per heavy atom. The van der Waals surface area contributed by atoms with Gasteiger partial charge >= 0.3 is 6.09 Å². The van der Waals surface area contributed by atoms with Crippen molar-refractivity contribution in [2.24, 2.45) is 0 Å². The van der Waals surface area contributed by atoms with Crippen LogP contribution in [-0.4, -0.2) is 102 Å². The molecule has 3 unspecified atom stereocenters. The molecule has 6 heterocycles. The van der Waals surface area contributed by atoms with E-state index in [2.05, 4.69) is 15.1 Å². The minimum Gasteiger partial charge on any atom is -0.508 e. The molecule has 8 rings (SSSR count). The molecule has 12 heteroatoms. The molecule has 0 aliphatic carbocycles. The molecule has 2 aromatic carbocycles. The summed E-state index contributed by atoms with van der Waals surface area (Å²) in [6.45, 7) is 5.29. The van der Waals surface area contributed by atoms with Gasteiger partial charge in [0.25, 0.3) is 0 Å². The lowest BCUT2D eigenvalue weighted by molar-refractivity contribution is 0.0494. The number of piperazine rings is 1. The number of phenolic OH excluding ortho intramolecular Hbond substituents is 1. The number of nitrogens with one attached hydrogen (secondary N) is 1. The van der Waals surface area contributed by atoms with Gasteiger partial charge < -0.3 is 34.1 Å². The van der Waals surface area contributed by atoms with Crippen LogP contribution in [0.25, 0.3) is 33.3 Å². The standard InChI is InChI=1S/C36H43FN6O5/c1-4-26-28(37)9-6-21-14-25(44)15-27(31(21)26)34-39-29-16-30(40-33(32(29)48-34)42-17-22-7-8-23(18-42)38-22)47-20-36-11-5-13-43(36)24(10-12-36)19-46-35(45)41(2)3/h6,9,14-16,22-24,38,44H,4-5,7-8,10-13,17-20H2,1-3H3/t22?,23?,24-,36?/m1/s1. The monoisotopic (exact) mass is 658 g/mol. The molecule has 254 valence electrons. The first-order valence-corrected chi connectivity index (χ1v) is 17.2. The van der Waals surface area contributed by atoms with E-state index in [-0.39, 0.29) is 29.2 Å². The number of nitrogens with zero attached hydrogens (tertiary/aromatic N) is 5. The van der Waals surface area contributed by atoms with Crippen molar-refractivity contribution in [3.05, 3.63) is 41.7 Å². The summed E-state index contributed by atoms with van der Waals surface area (Å²) in [6, 6.07) is 9.10. The number of hydrogen-bond donors (Lipinski definition) is 2. The van der Waals surface area contributed by atoms with Crippen LogP contribution in [0.4, 0.5) is 15.0 Å². The van der Waals surface area contributed by atoms with Gasteiger partial charge in [-0.05, 0) is 80.6 Å². The second-order valence-corrected chi connectivity index (χ2v) is 14.1. The summed E-state index contributed by atoms with van der Waals surface area (Å²) in [7, 11) is 3.39. The van der Waals surface area contributed by atoms with E-state index < -0.39 is 0 Å². The second kappa shape index (κ2) is 12.1. The molecule has 4 saturated heterocycles. The Balaban J connectivity index is 1.15. The van der Waals surface area contributed by atoms with E-state index in [4.69, 9.17) is 23.9 Å². The van der Waals surface area contributed by atoms with E-state index >= 15 is 4.39 Å². The van der Waals surface area contributed by atoms with Crippen molar-refractivity contribution >= 4 is 33.8 Å². The fraction of sp³-hybridized carbons (Fsp3) is 0.528. The number of pyridine rings is 1. The average Bonchev–Trinajstić information content (AvgIpc) is 3.85. The molecule has 0 radical (unpaired) electrons. The van der Waals surface area contributed by atoms with Gasteiger partial charge in [0, 0.05) is 62.3 Å². The number of oxazole rings is 1. The largest absolute Gasteiger partial charge is 0.508 e. The molecule has 1 amide bonds. The summed E-state index contributed by atoms with van der Waals surface area (Å²) in [5.41, 5.74) is 2.10. The molecular weight excluding hydrogens is 615 g/mol.